The summed E-state index contributed by atoms with van der Waals surface area (Å²) in [6.07, 6.45) is 0. The summed E-state index contributed by atoms with van der Waals surface area (Å²) in [5.74, 6) is 0.973. The molecule has 28 heavy (non-hydrogen) atoms. The van der Waals surface area contributed by atoms with Gasteiger partial charge < -0.3 is 4.74 Å². The van der Waals surface area contributed by atoms with Gasteiger partial charge in [-0.2, -0.15) is 0 Å². The lowest BCUT2D eigenvalue weighted by Gasteiger charge is -2.11. The average molecular weight is 391 g/mol. The Balaban J connectivity index is 1.89. The predicted molar refractivity (Wildman–Crippen MR) is 107 cm³/mol. The smallest absolute Gasteiger partial charge is 0.240 e. The molecule has 140 valence electrons. The van der Waals surface area contributed by atoms with Gasteiger partial charge in [0.05, 0.1) is 11.4 Å². The average Bonchev–Trinajstić information content (AvgIpc) is 3.12. The lowest BCUT2D eigenvalue weighted by molar-refractivity contribution is 0.457. The van der Waals surface area contributed by atoms with Gasteiger partial charge in [-0.05, 0) is 24.3 Å². The predicted octanol–water partition coefficient (Wildman–Crippen LogP) is 3.98. The molecule has 3 aromatic carbocycles. The van der Waals surface area contributed by atoms with Crippen molar-refractivity contribution in [3.63, 3.8) is 0 Å². The Bertz CT molecular complexity index is 1200. The van der Waals surface area contributed by atoms with Crippen molar-refractivity contribution in [3.8, 4) is 28.6 Å². The summed E-state index contributed by atoms with van der Waals surface area (Å²) in [6.45, 7) is 0. The summed E-state index contributed by atoms with van der Waals surface area (Å²) >= 11 is 0. The number of ether oxygens (including phenoxy) is 1. The first-order valence-electron chi connectivity index (χ1n) is 8.53. The van der Waals surface area contributed by atoms with Gasteiger partial charge in [0.25, 0.3) is 0 Å². The quantitative estimate of drug-likeness (QED) is 0.557. The third-order valence-corrected chi connectivity index (χ3v) is 5.08. The van der Waals surface area contributed by atoms with E-state index in [1.807, 2.05) is 60.7 Å². The van der Waals surface area contributed by atoms with Gasteiger partial charge in [0, 0.05) is 11.6 Å². The van der Waals surface area contributed by atoms with E-state index in [0.717, 1.165) is 5.56 Å². The molecule has 0 amide bonds. The van der Waals surface area contributed by atoms with Gasteiger partial charge in [0.1, 0.15) is 10.6 Å². The first-order chi connectivity index (χ1) is 13.5. The maximum Gasteiger partial charge on any atom is 0.240 e. The van der Waals surface area contributed by atoms with E-state index < -0.39 is 10.0 Å². The highest BCUT2D eigenvalue weighted by atomic mass is 32.2. The lowest BCUT2D eigenvalue weighted by atomic mass is 10.1. The minimum atomic E-state index is -3.93. The third-order valence-electron chi connectivity index (χ3n) is 4.12. The molecule has 4 aromatic rings. The molecule has 0 aliphatic rings. The number of nitrogens with zero attached hydrogens (tertiary/aromatic N) is 2. The van der Waals surface area contributed by atoms with Crippen molar-refractivity contribution in [3.05, 3.63) is 91.0 Å². The second-order valence-corrected chi connectivity index (χ2v) is 7.60. The fourth-order valence-electron chi connectivity index (χ4n) is 2.89. The molecule has 2 N–H and O–H groups in total. The highest BCUT2D eigenvalue weighted by Gasteiger charge is 2.20. The summed E-state index contributed by atoms with van der Waals surface area (Å²) in [7, 11) is -3.93. The Kier molecular flexibility index (Phi) is 4.68. The lowest BCUT2D eigenvalue weighted by Crippen LogP contribution is -2.16. The molecule has 0 spiro atoms. The van der Waals surface area contributed by atoms with Crippen molar-refractivity contribution >= 4 is 10.0 Å². The van der Waals surface area contributed by atoms with Crippen molar-refractivity contribution in [1.29, 1.82) is 0 Å². The summed E-state index contributed by atoms with van der Waals surface area (Å²) in [5, 5.41) is 9.91. The number of sulfonamides is 1. The minimum absolute atomic E-state index is 0.0125. The van der Waals surface area contributed by atoms with Crippen LogP contribution in [0.1, 0.15) is 0 Å². The molecule has 1 aromatic heterocycles. The van der Waals surface area contributed by atoms with Crippen molar-refractivity contribution in [1.82, 2.24) is 9.78 Å². The second-order valence-electron chi connectivity index (χ2n) is 6.07. The number of aromatic nitrogens is 2. The SMILES string of the molecule is NS(=O)(=O)c1ccccc1-n1nc(Oc2ccccc2)cc1-c1ccccc1. The number of nitrogens with two attached hydrogens (primary N) is 1. The number of hydrogen-bond donors (Lipinski definition) is 1. The molecule has 0 bridgehead atoms. The molecule has 0 aliphatic heterocycles. The molecule has 0 saturated heterocycles. The monoisotopic (exact) mass is 391 g/mol. The highest BCUT2D eigenvalue weighted by Crippen LogP contribution is 2.31. The van der Waals surface area contributed by atoms with E-state index in [4.69, 9.17) is 9.88 Å². The topological polar surface area (TPSA) is 87.2 Å². The standard InChI is InChI=1S/C21H17N3O3S/c22-28(25,26)20-14-8-7-13-18(20)24-19(16-9-3-1-4-10-16)15-21(23-24)27-17-11-5-2-6-12-17/h1-15H,(H2,22,25,26). The largest absolute Gasteiger partial charge is 0.438 e. The molecular weight excluding hydrogens is 374 g/mol. The van der Waals surface area contributed by atoms with Crippen LogP contribution < -0.4 is 9.88 Å². The Labute approximate surface area is 162 Å². The third kappa shape index (κ3) is 3.66. The fraction of sp³-hybridized carbons (Fsp3) is 0. The minimum Gasteiger partial charge on any atom is -0.438 e. The van der Waals surface area contributed by atoms with Gasteiger partial charge >= 0.3 is 0 Å². The zero-order chi connectivity index (χ0) is 19.6. The number of rotatable bonds is 5. The second kappa shape index (κ2) is 7.30. The number of benzene rings is 3. The van der Waals surface area contributed by atoms with Crippen molar-refractivity contribution in [2.75, 3.05) is 0 Å². The summed E-state index contributed by atoms with van der Waals surface area (Å²) < 4.78 is 31.5. The van der Waals surface area contributed by atoms with Gasteiger partial charge in [-0.15, -0.1) is 5.10 Å². The van der Waals surface area contributed by atoms with Crippen LogP contribution in [0.5, 0.6) is 11.6 Å². The molecule has 4 rings (SSSR count). The normalized spacial score (nSPS) is 11.3. The van der Waals surface area contributed by atoms with E-state index >= 15 is 0 Å². The zero-order valence-corrected chi connectivity index (χ0v) is 15.6. The summed E-state index contributed by atoms with van der Waals surface area (Å²) in [5.41, 5.74) is 1.90. The molecule has 0 atom stereocenters. The van der Waals surface area contributed by atoms with Crippen LogP contribution in [0.15, 0.2) is 95.9 Å². The first-order valence-corrected chi connectivity index (χ1v) is 10.1. The van der Waals surface area contributed by atoms with E-state index in [2.05, 4.69) is 5.10 Å². The molecule has 0 unspecified atom stereocenters. The maximum absolute atomic E-state index is 12.1. The Morgan fingerprint density at radius 2 is 1.43 bits per heavy atom. The number of primary sulfonamides is 1. The van der Waals surface area contributed by atoms with Crippen LogP contribution in [0.25, 0.3) is 16.9 Å². The molecule has 6 nitrogen and oxygen atoms in total. The van der Waals surface area contributed by atoms with E-state index in [-0.39, 0.29) is 4.90 Å². The van der Waals surface area contributed by atoms with Crippen molar-refractivity contribution in [2.24, 2.45) is 5.14 Å². The number of hydrogen-bond acceptors (Lipinski definition) is 4. The van der Waals surface area contributed by atoms with Crippen LogP contribution in [-0.2, 0) is 10.0 Å². The molecule has 0 aliphatic carbocycles. The van der Waals surface area contributed by atoms with Crippen LogP contribution in [0, 0.1) is 0 Å². The van der Waals surface area contributed by atoms with E-state index in [1.165, 1.54) is 10.7 Å². The highest BCUT2D eigenvalue weighted by molar-refractivity contribution is 7.89. The maximum atomic E-state index is 12.1. The molecule has 1 heterocycles. The van der Waals surface area contributed by atoms with Crippen LogP contribution >= 0.6 is 0 Å². The van der Waals surface area contributed by atoms with E-state index in [1.54, 1.807) is 24.3 Å². The number of para-hydroxylation sites is 2. The van der Waals surface area contributed by atoms with Gasteiger partial charge in [-0.25, -0.2) is 18.2 Å². The zero-order valence-electron chi connectivity index (χ0n) is 14.8. The van der Waals surface area contributed by atoms with Crippen LogP contribution in [0.2, 0.25) is 0 Å². The molecule has 7 heteroatoms. The molecule has 0 fully saturated rings. The molecular formula is C21H17N3O3S. The van der Waals surface area contributed by atoms with Crippen LogP contribution in [0.4, 0.5) is 0 Å². The summed E-state index contributed by atoms with van der Waals surface area (Å²) in [4.78, 5) is -0.0125. The Morgan fingerprint density at radius 1 is 0.821 bits per heavy atom. The van der Waals surface area contributed by atoms with Crippen LogP contribution in [-0.4, -0.2) is 18.2 Å². The van der Waals surface area contributed by atoms with Gasteiger partial charge in [0.15, 0.2) is 0 Å². The van der Waals surface area contributed by atoms with E-state index in [9.17, 15) is 8.42 Å². The van der Waals surface area contributed by atoms with Gasteiger partial charge in [0.2, 0.25) is 15.9 Å². The first kappa shape index (κ1) is 18.0. The Morgan fingerprint density at radius 3 is 2.11 bits per heavy atom. The van der Waals surface area contributed by atoms with E-state index in [0.29, 0.717) is 23.0 Å². The molecule has 0 saturated carbocycles. The summed E-state index contributed by atoms with van der Waals surface area (Å²) in [6, 6.07) is 27.0. The van der Waals surface area contributed by atoms with Crippen LogP contribution in [0.3, 0.4) is 0 Å². The van der Waals surface area contributed by atoms with Crippen molar-refractivity contribution < 1.29 is 13.2 Å². The van der Waals surface area contributed by atoms with Gasteiger partial charge in [-0.3, -0.25) is 0 Å². The Hall–Kier alpha value is -3.42. The van der Waals surface area contributed by atoms with Gasteiger partial charge in [-0.1, -0.05) is 60.7 Å². The fourth-order valence-corrected chi connectivity index (χ4v) is 3.60. The van der Waals surface area contributed by atoms with Crippen molar-refractivity contribution in [2.45, 2.75) is 4.90 Å². The molecule has 0 radical (unpaired) electrons.